The molecule has 3 amide bonds. The highest BCUT2D eigenvalue weighted by Crippen LogP contribution is 2.34. The van der Waals surface area contributed by atoms with Crippen molar-refractivity contribution >= 4 is 69.1 Å². The normalized spacial score (nSPS) is 15.0. The van der Waals surface area contributed by atoms with Crippen molar-refractivity contribution in [2.45, 2.75) is 6.54 Å². The van der Waals surface area contributed by atoms with Gasteiger partial charge in [-0.2, -0.15) is 0 Å². The third kappa shape index (κ3) is 4.39. The molecule has 0 atom stereocenters. The fraction of sp³-hybridized carbons (Fsp3) is 0.0909. The standard InChI is InChI=1S/C22H16ClN3O5S/c23-15-6-2-3-7-16(15)24-19(27)11-26-21(30)18(32-22(26)31)9-13-10-25(12-20(28)29)17-8-4-1-5-14(13)17/h1-10H,11-12H2,(H,24,27)(H,28,29)/b18-9+. The predicted molar refractivity (Wildman–Crippen MR) is 122 cm³/mol. The van der Waals surface area contributed by atoms with Crippen molar-refractivity contribution in [2.24, 2.45) is 0 Å². The number of rotatable bonds is 6. The van der Waals surface area contributed by atoms with Crippen molar-refractivity contribution in [3.05, 3.63) is 70.2 Å². The molecule has 1 aliphatic heterocycles. The van der Waals surface area contributed by atoms with Crippen molar-refractivity contribution in [1.29, 1.82) is 0 Å². The van der Waals surface area contributed by atoms with Gasteiger partial charge in [0.2, 0.25) is 5.91 Å². The van der Waals surface area contributed by atoms with E-state index in [1.165, 1.54) is 6.08 Å². The number of carbonyl (C=O) groups excluding carboxylic acids is 3. The number of para-hydroxylation sites is 2. The van der Waals surface area contributed by atoms with Gasteiger partial charge in [-0.1, -0.05) is 41.9 Å². The van der Waals surface area contributed by atoms with E-state index < -0.39 is 29.6 Å². The predicted octanol–water partition coefficient (Wildman–Crippen LogP) is 4.05. The van der Waals surface area contributed by atoms with E-state index in [4.69, 9.17) is 16.7 Å². The minimum atomic E-state index is -0.998. The van der Waals surface area contributed by atoms with E-state index in [0.29, 0.717) is 21.8 Å². The number of aliphatic carboxylic acids is 1. The second-order valence-electron chi connectivity index (χ2n) is 6.92. The van der Waals surface area contributed by atoms with E-state index >= 15 is 0 Å². The number of nitrogens with zero attached hydrogens (tertiary/aromatic N) is 2. The van der Waals surface area contributed by atoms with Gasteiger partial charge < -0.3 is 15.0 Å². The highest BCUT2D eigenvalue weighted by atomic mass is 35.5. The van der Waals surface area contributed by atoms with Crippen LogP contribution in [0.4, 0.5) is 10.5 Å². The number of hydrogen-bond donors (Lipinski definition) is 2. The van der Waals surface area contributed by atoms with Crippen LogP contribution in [0.3, 0.4) is 0 Å². The van der Waals surface area contributed by atoms with Crippen molar-refractivity contribution in [3.8, 4) is 0 Å². The van der Waals surface area contributed by atoms with Crippen molar-refractivity contribution in [3.63, 3.8) is 0 Å². The first-order valence-electron chi connectivity index (χ1n) is 9.43. The van der Waals surface area contributed by atoms with Gasteiger partial charge >= 0.3 is 5.97 Å². The number of halogens is 1. The Kier molecular flexibility index (Phi) is 6.02. The zero-order chi connectivity index (χ0) is 22.8. The number of carbonyl (C=O) groups is 4. The molecule has 2 aromatic carbocycles. The SMILES string of the molecule is O=C(O)Cn1cc(/C=C2/SC(=O)N(CC(=O)Nc3ccccc3Cl)C2=O)c2ccccc21. The maximum absolute atomic E-state index is 12.8. The van der Waals surface area contributed by atoms with E-state index in [1.807, 2.05) is 0 Å². The van der Waals surface area contributed by atoms with Crippen LogP contribution in [0.25, 0.3) is 17.0 Å². The molecule has 162 valence electrons. The summed E-state index contributed by atoms with van der Waals surface area (Å²) in [6.07, 6.45) is 3.16. The van der Waals surface area contributed by atoms with Crippen LogP contribution >= 0.6 is 23.4 Å². The van der Waals surface area contributed by atoms with Crippen molar-refractivity contribution in [1.82, 2.24) is 9.47 Å². The highest BCUT2D eigenvalue weighted by Gasteiger charge is 2.36. The number of nitrogens with one attached hydrogen (secondary N) is 1. The lowest BCUT2D eigenvalue weighted by molar-refractivity contribution is -0.137. The van der Waals surface area contributed by atoms with E-state index in [0.717, 1.165) is 22.0 Å². The van der Waals surface area contributed by atoms with Crippen LogP contribution in [-0.2, 0) is 20.9 Å². The molecule has 0 bridgehead atoms. The quantitative estimate of drug-likeness (QED) is 0.527. The van der Waals surface area contributed by atoms with Crippen LogP contribution in [0.5, 0.6) is 0 Å². The van der Waals surface area contributed by atoms with Crippen LogP contribution in [0.15, 0.2) is 59.6 Å². The molecular formula is C22H16ClN3O5S. The highest BCUT2D eigenvalue weighted by molar-refractivity contribution is 8.18. The number of thioether (sulfide) groups is 1. The lowest BCUT2D eigenvalue weighted by Gasteiger charge is -2.13. The number of fused-ring (bicyclic) bond motifs is 1. The summed E-state index contributed by atoms with van der Waals surface area (Å²) in [5.74, 6) is -2.15. The summed E-state index contributed by atoms with van der Waals surface area (Å²) in [6, 6.07) is 13.8. The van der Waals surface area contributed by atoms with Gasteiger partial charge in [0, 0.05) is 22.7 Å². The van der Waals surface area contributed by atoms with E-state index in [9.17, 15) is 19.2 Å². The van der Waals surface area contributed by atoms with Crippen LogP contribution in [0.1, 0.15) is 5.56 Å². The topological polar surface area (TPSA) is 109 Å². The van der Waals surface area contributed by atoms with Crippen LogP contribution < -0.4 is 5.32 Å². The molecule has 0 saturated carbocycles. The molecule has 2 N–H and O–H groups in total. The maximum atomic E-state index is 12.8. The van der Waals surface area contributed by atoms with Crippen molar-refractivity contribution in [2.75, 3.05) is 11.9 Å². The van der Waals surface area contributed by atoms with Crippen LogP contribution in [0, 0.1) is 0 Å². The lowest BCUT2D eigenvalue weighted by Crippen LogP contribution is -2.36. The van der Waals surface area contributed by atoms with Gasteiger partial charge in [-0.25, -0.2) is 0 Å². The van der Waals surface area contributed by atoms with Gasteiger partial charge in [-0.3, -0.25) is 24.1 Å². The zero-order valence-corrected chi connectivity index (χ0v) is 18.0. The Morgan fingerprint density at radius 3 is 2.53 bits per heavy atom. The molecule has 0 spiro atoms. The first-order valence-corrected chi connectivity index (χ1v) is 10.6. The third-order valence-electron chi connectivity index (χ3n) is 4.73. The Morgan fingerprint density at radius 1 is 1.06 bits per heavy atom. The number of amides is 3. The maximum Gasteiger partial charge on any atom is 0.323 e. The summed E-state index contributed by atoms with van der Waals surface area (Å²) in [7, 11) is 0. The molecule has 1 aliphatic rings. The Morgan fingerprint density at radius 2 is 1.78 bits per heavy atom. The van der Waals surface area contributed by atoms with Gasteiger partial charge in [0.15, 0.2) is 0 Å². The number of carboxylic acids is 1. The van der Waals surface area contributed by atoms with Crippen LogP contribution in [0.2, 0.25) is 5.02 Å². The molecule has 1 aromatic heterocycles. The molecule has 10 heteroatoms. The van der Waals surface area contributed by atoms with E-state index in [-0.39, 0.29) is 11.4 Å². The summed E-state index contributed by atoms with van der Waals surface area (Å²) < 4.78 is 1.56. The molecule has 1 saturated heterocycles. The summed E-state index contributed by atoms with van der Waals surface area (Å²) in [4.78, 5) is 49.7. The fourth-order valence-electron chi connectivity index (χ4n) is 3.34. The number of benzene rings is 2. The third-order valence-corrected chi connectivity index (χ3v) is 5.97. The minimum absolute atomic E-state index is 0.152. The number of carboxylic acid groups (broad SMARTS) is 1. The minimum Gasteiger partial charge on any atom is -0.480 e. The summed E-state index contributed by atoms with van der Waals surface area (Å²) in [5.41, 5.74) is 1.68. The molecule has 32 heavy (non-hydrogen) atoms. The smallest absolute Gasteiger partial charge is 0.323 e. The lowest BCUT2D eigenvalue weighted by atomic mass is 10.1. The molecule has 3 aromatic rings. The summed E-state index contributed by atoms with van der Waals surface area (Å²) in [6.45, 7) is -0.688. The molecule has 0 aliphatic carbocycles. The van der Waals surface area contributed by atoms with Gasteiger partial charge in [0.1, 0.15) is 13.1 Å². The Balaban J connectivity index is 1.56. The second kappa shape index (κ2) is 8.89. The molecule has 4 rings (SSSR count). The Labute approximate surface area is 191 Å². The molecule has 1 fully saturated rings. The molecule has 0 radical (unpaired) electrons. The summed E-state index contributed by atoms with van der Waals surface area (Å²) in [5, 5.41) is 12.3. The zero-order valence-electron chi connectivity index (χ0n) is 16.4. The van der Waals surface area contributed by atoms with Gasteiger partial charge in [0.25, 0.3) is 11.1 Å². The first kappa shape index (κ1) is 21.7. The fourth-order valence-corrected chi connectivity index (χ4v) is 4.35. The first-order chi connectivity index (χ1) is 15.3. The average Bonchev–Trinajstić information content (AvgIpc) is 3.22. The Hall–Kier alpha value is -3.56. The Bertz CT molecular complexity index is 1300. The van der Waals surface area contributed by atoms with Crippen molar-refractivity contribution < 1.29 is 24.3 Å². The molecule has 8 nitrogen and oxygen atoms in total. The van der Waals surface area contributed by atoms with E-state index in [1.54, 1.807) is 59.3 Å². The number of imide groups is 1. The average molecular weight is 470 g/mol. The van der Waals surface area contributed by atoms with Crippen LogP contribution in [-0.4, -0.2) is 44.1 Å². The molecule has 2 heterocycles. The second-order valence-corrected chi connectivity index (χ2v) is 8.32. The largest absolute Gasteiger partial charge is 0.480 e. The monoisotopic (exact) mass is 469 g/mol. The number of hydrogen-bond acceptors (Lipinski definition) is 5. The summed E-state index contributed by atoms with van der Waals surface area (Å²) >= 11 is 6.75. The number of aromatic nitrogens is 1. The van der Waals surface area contributed by atoms with E-state index in [2.05, 4.69) is 5.32 Å². The molecular weight excluding hydrogens is 454 g/mol. The van der Waals surface area contributed by atoms with Gasteiger partial charge in [-0.05, 0) is 36.0 Å². The van der Waals surface area contributed by atoms with Gasteiger partial charge in [-0.15, -0.1) is 0 Å². The van der Waals surface area contributed by atoms with Gasteiger partial charge in [0.05, 0.1) is 15.6 Å². The molecule has 0 unspecified atom stereocenters. The number of anilines is 1.